The third-order valence-electron chi connectivity index (χ3n) is 3.84. The van der Waals surface area contributed by atoms with Crippen LogP contribution in [0.2, 0.25) is 0 Å². The van der Waals surface area contributed by atoms with Gasteiger partial charge in [0.2, 0.25) is 12.3 Å². The van der Waals surface area contributed by atoms with Gasteiger partial charge in [-0.15, -0.1) is 0 Å². The fourth-order valence-electron chi connectivity index (χ4n) is 2.73. The van der Waals surface area contributed by atoms with Crippen LogP contribution < -0.4 is 0 Å². The minimum Gasteiger partial charge on any atom is -0.282 e. The van der Waals surface area contributed by atoms with Crippen molar-refractivity contribution in [3.05, 3.63) is 35.9 Å². The molecule has 1 saturated carbocycles. The van der Waals surface area contributed by atoms with E-state index in [-0.39, 0.29) is 11.9 Å². The Kier molecular flexibility index (Phi) is 5.13. The van der Waals surface area contributed by atoms with Crippen molar-refractivity contribution in [2.75, 3.05) is 0 Å². The van der Waals surface area contributed by atoms with Gasteiger partial charge in [-0.05, 0) is 24.8 Å². The van der Waals surface area contributed by atoms with E-state index in [1.54, 1.807) is 0 Å². The molecule has 1 fully saturated rings. The summed E-state index contributed by atoms with van der Waals surface area (Å²) in [4.78, 5) is 24.7. The summed E-state index contributed by atoms with van der Waals surface area (Å²) in [5, 5.41) is 0. The van der Waals surface area contributed by atoms with E-state index in [1.165, 1.54) is 11.3 Å². The molecule has 1 aliphatic rings. The fourth-order valence-corrected chi connectivity index (χ4v) is 2.73. The zero-order valence-corrected chi connectivity index (χ0v) is 11.3. The van der Waals surface area contributed by atoms with Gasteiger partial charge in [-0.2, -0.15) is 0 Å². The first-order valence-electron chi connectivity index (χ1n) is 7.11. The lowest BCUT2D eigenvalue weighted by Crippen LogP contribution is -2.40. The largest absolute Gasteiger partial charge is 0.282 e. The lowest BCUT2D eigenvalue weighted by molar-refractivity contribution is -0.141. The highest BCUT2D eigenvalue weighted by Crippen LogP contribution is 2.22. The number of nitrogens with zero attached hydrogens (tertiary/aromatic N) is 1. The maximum Gasteiger partial charge on any atom is 0.229 e. The van der Waals surface area contributed by atoms with Gasteiger partial charge in [0, 0.05) is 12.5 Å². The molecule has 0 unspecified atom stereocenters. The molecular formula is C16H21NO2. The van der Waals surface area contributed by atoms with E-state index in [4.69, 9.17) is 0 Å². The molecule has 0 heterocycles. The Balaban J connectivity index is 1.88. The van der Waals surface area contributed by atoms with Gasteiger partial charge in [-0.25, -0.2) is 0 Å². The molecule has 1 aromatic carbocycles. The second-order valence-electron chi connectivity index (χ2n) is 5.18. The number of carbonyl (C=O) groups excluding carboxylic acids is 2. The number of benzene rings is 1. The Morgan fingerprint density at radius 1 is 1.16 bits per heavy atom. The van der Waals surface area contributed by atoms with Crippen LogP contribution >= 0.6 is 0 Å². The van der Waals surface area contributed by atoms with Crippen molar-refractivity contribution >= 4 is 12.3 Å². The summed E-state index contributed by atoms with van der Waals surface area (Å²) in [6, 6.07) is 10.1. The minimum absolute atomic E-state index is 0.0363. The standard InChI is InChI=1S/C16H21NO2/c18-13-17(15-9-5-2-6-10-15)16(19)12-11-14-7-3-1-4-8-14/h1,3-4,7-8,13,15H,2,5-6,9-12H2. The summed E-state index contributed by atoms with van der Waals surface area (Å²) < 4.78 is 0. The van der Waals surface area contributed by atoms with Crippen molar-refractivity contribution in [1.82, 2.24) is 4.90 Å². The van der Waals surface area contributed by atoms with E-state index >= 15 is 0 Å². The third-order valence-corrected chi connectivity index (χ3v) is 3.84. The smallest absolute Gasteiger partial charge is 0.229 e. The summed E-state index contributed by atoms with van der Waals surface area (Å²) in [5.41, 5.74) is 1.14. The van der Waals surface area contributed by atoms with Crippen LogP contribution in [0.25, 0.3) is 0 Å². The van der Waals surface area contributed by atoms with E-state index in [0.29, 0.717) is 12.8 Å². The summed E-state index contributed by atoms with van der Waals surface area (Å²) in [7, 11) is 0. The van der Waals surface area contributed by atoms with Gasteiger partial charge in [-0.3, -0.25) is 14.5 Å². The highest BCUT2D eigenvalue weighted by atomic mass is 16.2. The molecule has 0 spiro atoms. The van der Waals surface area contributed by atoms with Gasteiger partial charge in [0.1, 0.15) is 0 Å². The van der Waals surface area contributed by atoms with E-state index in [9.17, 15) is 9.59 Å². The van der Waals surface area contributed by atoms with Crippen molar-refractivity contribution in [2.45, 2.75) is 51.0 Å². The highest BCUT2D eigenvalue weighted by molar-refractivity contribution is 5.86. The van der Waals surface area contributed by atoms with Gasteiger partial charge in [0.05, 0.1) is 0 Å². The van der Waals surface area contributed by atoms with Gasteiger partial charge in [0.15, 0.2) is 0 Å². The van der Waals surface area contributed by atoms with Crippen LogP contribution in [0.4, 0.5) is 0 Å². The third kappa shape index (κ3) is 3.91. The molecular weight excluding hydrogens is 238 g/mol. The number of carbonyl (C=O) groups is 2. The van der Waals surface area contributed by atoms with E-state index in [1.807, 2.05) is 30.3 Å². The Morgan fingerprint density at radius 2 is 1.84 bits per heavy atom. The number of hydrogen-bond acceptors (Lipinski definition) is 2. The van der Waals surface area contributed by atoms with E-state index in [0.717, 1.165) is 37.7 Å². The quantitative estimate of drug-likeness (QED) is 0.762. The van der Waals surface area contributed by atoms with Gasteiger partial charge in [0.25, 0.3) is 0 Å². The van der Waals surface area contributed by atoms with Gasteiger partial charge < -0.3 is 0 Å². The van der Waals surface area contributed by atoms with Crippen LogP contribution in [0.15, 0.2) is 30.3 Å². The first-order valence-corrected chi connectivity index (χ1v) is 7.11. The molecule has 0 radical (unpaired) electrons. The fraction of sp³-hybridized carbons (Fsp3) is 0.500. The summed E-state index contributed by atoms with van der Waals surface area (Å²) in [5.74, 6) is -0.0363. The van der Waals surface area contributed by atoms with Crippen LogP contribution in [-0.4, -0.2) is 23.3 Å². The zero-order valence-electron chi connectivity index (χ0n) is 11.3. The first kappa shape index (κ1) is 13.8. The molecule has 0 N–H and O–H groups in total. The molecule has 1 aliphatic carbocycles. The summed E-state index contributed by atoms with van der Waals surface area (Å²) in [6.45, 7) is 0. The molecule has 19 heavy (non-hydrogen) atoms. The van der Waals surface area contributed by atoms with Crippen LogP contribution in [-0.2, 0) is 16.0 Å². The van der Waals surface area contributed by atoms with Gasteiger partial charge in [-0.1, -0.05) is 49.6 Å². The number of hydrogen-bond donors (Lipinski definition) is 0. The predicted octanol–water partition coefficient (Wildman–Crippen LogP) is 2.94. The Labute approximate surface area is 114 Å². The average molecular weight is 259 g/mol. The highest BCUT2D eigenvalue weighted by Gasteiger charge is 2.24. The molecule has 3 heteroatoms. The lowest BCUT2D eigenvalue weighted by atomic mass is 9.94. The summed E-state index contributed by atoms with van der Waals surface area (Å²) in [6.07, 6.45) is 7.26. The van der Waals surface area contributed by atoms with Crippen molar-refractivity contribution in [3.8, 4) is 0 Å². The normalized spacial score (nSPS) is 16.0. The maximum atomic E-state index is 12.1. The van der Waals surface area contributed by atoms with Crippen LogP contribution in [0.5, 0.6) is 0 Å². The Morgan fingerprint density at radius 3 is 2.47 bits per heavy atom. The SMILES string of the molecule is O=CN(C(=O)CCc1ccccc1)C1CCCCC1. The van der Waals surface area contributed by atoms with E-state index < -0.39 is 0 Å². The number of aryl methyl sites for hydroxylation is 1. The maximum absolute atomic E-state index is 12.1. The number of rotatable bonds is 5. The number of amides is 2. The monoisotopic (exact) mass is 259 g/mol. The van der Waals surface area contributed by atoms with E-state index in [2.05, 4.69) is 0 Å². The second-order valence-corrected chi connectivity index (χ2v) is 5.18. The molecule has 2 amide bonds. The molecule has 0 aromatic heterocycles. The second kappa shape index (κ2) is 7.07. The van der Waals surface area contributed by atoms with Crippen molar-refractivity contribution in [2.24, 2.45) is 0 Å². The molecule has 3 nitrogen and oxygen atoms in total. The molecule has 0 bridgehead atoms. The van der Waals surface area contributed by atoms with Crippen molar-refractivity contribution < 1.29 is 9.59 Å². The molecule has 1 aromatic rings. The topological polar surface area (TPSA) is 37.4 Å². The summed E-state index contributed by atoms with van der Waals surface area (Å²) >= 11 is 0. The molecule has 0 atom stereocenters. The molecule has 0 saturated heterocycles. The number of imide groups is 1. The van der Waals surface area contributed by atoms with Crippen molar-refractivity contribution in [3.63, 3.8) is 0 Å². The first-order chi connectivity index (χ1) is 9.31. The van der Waals surface area contributed by atoms with Crippen LogP contribution in [0.3, 0.4) is 0 Å². The Bertz CT molecular complexity index is 410. The zero-order chi connectivity index (χ0) is 13.5. The molecule has 0 aliphatic heterocycles. The molecule has 2 rings (SSSR count). The van der Waals surface area contributed by atoms with Crippen LogP contribution in [0, 0.1) is 0 Å². The predicted molar refractivity (Wildman–Crippen MR) is 74.5 cm³/mol. The average Bonchev–Trinajstić information content (AvgIpc) is 2.48. The lowest BCUT2D eigenvalue weighted by Gasteiger charge is -2.29. The van der Waals surface area contributed by atoms with Crippen molar-refractivity contribution in [1.29, 1.82) is 0 Å². The van der Waals surface area contributed by atoms with Crippen LogP contribution in [0.1, 0.15) is 44.1 Å². The van der Waals surface area contributed by atoms with Gasteiger partial charge >= 0.3 is 0 Å². The molecule has 102 valence electrons. The minimum atomic E-state index is -0.0363. The Hall–Kier alpha value is -1.64.